The van der Waals surface area contributed by atoms with Gasteiger partial charge in [-0.15, -0.1) is 0 Å². The van der Waals surface area contributed by atoms with Crippen LogP contribution in [0.2, 0.25) is 0 Å². The summed E-state index contributed by atoms with van der Waals surface area (Å²) < 4.78 is 23.4. The van der Waals surface area contributed by atoms with Gasteiger partial charge >= 0.3 is 0 Å². The minimum Gasteiger partial charge on any atom is -0.388 e. The summed E-state index contributed by atoms with van der Waals surface area (Å²) in [5.41, 5.74) is 8.07. The second-order valence-electron chi connectivity index (χ2n) is 6.58. The third-order valence-electron chi connectivity index (χ3n) is 4.74. The molecule has 0 aliphatic carbocycles. The van der Waals surface area contributed by atoms with E-state index >= 15 is 0 Å². The molecule has 2 saturated heterocycles. The Morgan fingerprint density at radius 2 is 1.69 bits per heavy atom. The van der Waals surface area contributed by atoms with Crippen molar-refractivity contribution < 1.29 is 24.1 Å². The Morgan fingerprint density at radius 3 is 2.42 bits per heavy atom. The lowest BCUT2D eigenvalue weighted by molar-refractivity contribution is -0.343. The zero-order valence-electron chi connectivity index (χ0n) is 14.3. The van der Waals surface area contributed by atoms with Crippen LogP contribution in [-0.4, -0.2) is 42.4 Å². The smallest absolute Gasteiger partial charge is 0.184 e. The normalized spacial score (nSPS) is 34.2. The summed E-state index contributed by atoms with van der Waals surface area (Å²) in [7, 11) is 0. The van der Waals surface area contributed by atoms with E-state index in [4.69, 9.17) is 24.7 Å². The molecular weight excluding hydrogens is 334 g/mol. The average molecular weight is 357 g/mol. The highest BCUT2D eigenvalue weighted by atomic mass is 16.7. The summed E-state index contributed by atoms with van der Waals surface area (Å²) in [6.45, 7) is 0.664. The lowest BCUT2D eigenvalue weighted by Crippen LogP contribution is -2.64. The topological polar surface area (TPSA) is 83.2 Å². The lowest BCUT2D eigenvalue weighted by Gasteiger charge is -2.46. The SMILES string of the molecule is N[C@@H]1[C@H](OCc2ccccc2)O[C@H]2CO[C@H](c3ccccc3)O[C@@H]2[C@H]1O. The molecule has 2 aromatic rings. The molecule has 6 heteroatoms. The van der Waals surface area contributed by atoms with Crippen LogP contribution in [0.1, 0.15) is 17.4 Å². The van der Waals surface area contributed by atoms with Crippen LogP contribution in [0.5, 0.6) is 0 Å². The quantitative estimate of drug-likeness (QED) is 0.867. The Kier molecular flexibility index (Phi) is 5.31. The molecule has 0 bridgehead atoms. The van der Waals surface area contributed by atoms with E-state index in [1.807, 2.05) is 60.7 Å². The Bertz CT molecular complexity index is 696. The Labute approximate surface area is 152 Å². The third kappa shape index (κ3) is 3.66. The van der Waals surface area contributed by atoms with Gasteiger partial charge in [0.15, 0.2) is 12.6 Å². The van der Waals surface area contributed by atoms with Crippen LogP contribution in [0, 0.1) is 0 Å². The monoisotopic (exact) mass is 357 g/mol. The van der Waals surface area contributed by atoms with E-state index in [0.717, 1.165) is 11.1 Å². The van der Waals surface area contributed by atoms with Gasteiger partial charge in [0, 0.05) is 5.56 Å². The molecule has 26 heavy (non-hydrogen) atoms. The summed E-state index contributed by atoms with van der Waals surface area (Å²) in [6, 6.07) is 18.7. The maximum atomic E-state index is 10.6. The first-order valence-corrected chi connectivity index (χ1v) is 8.79. The molecule has 0 amide bonds. The molecule has 2 aromatic carbocycles. The summed E-state index contributed by atoms with van der Waals surface area (Å²) in [5.74, 6) is 0. The molecule has 4 rings (SSSR count). The number of rotatable bonds is 4. The molecule has 2 fully saturated rings. The van der Waals surface area contributed by atoms with Crippen molar-refractivity contribution in [2.45, 2.75) is 43.5 Å². The molecule has 138 valence electrons. The maximum Gasteiger partial charge on any atom is 0.184 e. The number of benzene rings is 2. The van der Waals surface area contributed by atoms with Crippen LogP contribution in [0.3, 0.4) is 0 Å². The Hall–Kier alpha value is -1.80. The van der Waals surface area contributed by atoms with Gasteiger partial charge in [-0.25, -0.2) is 0 Å². The molecule has 2 aliphatic rings. The molecule has 0 spiro atoms. The zero-order valence-corrected chi connectivity index (χ0v) is 14.3. The van der Waals surface area contributed by atoms with Crippen molar-refractivity contribution in [2.75, 3.05) is 6.61 Å². The van der Waals surface area contributed by atoms with Gasteiger partial charge in [0.05, 0.1) is 19.3 Å². The van der Waals surface area contributed by atoms with Crippen molar-refractivity contribution in [1.82, 2.24) is 0 Å². The van der Waals surface area contributed by atoms with Gasteiger partial charge in [-0.3, -0.25) is 0 Å². The number of fused-ring (bicyclic) bond motifs is 1. The van der Waals surface area contributed by atoms with Crippen LogP contribution in [0.15, 0.2) is 60.7 Å². The van der Waals surface area contributed by atoms with Crippen molar-refractivity contribution in [3.63, 3.8) is 0 Å². The van der Waals surface area contributed by atoms with Crippen LogP contribution in [0.25, 0.3) is 0 Å². The highest BCUT2D eigenvalue weighted by Crippen LogP contribution is 2.33. The van der Waals surface area contributed by atoms with Gasteiger partial charge < -0.3 is 29.8 Å². The van der Waals surface area contributed by atoms with Gasteiger partial charge in [0.25, 0.3) is 0 Å². The van der Waals surface area contributed by atoms with Crippen molar-refractivity contribution in [3.05, 3.63) is 71.8 Å². The van der Waals surface area contributed by atoms with E-state index in [0.29, 0.717) is 13.2 Å². The van der Waals surface area contributed by atoms with Crippen molar-refractivity contribution in [3.8, 4) is 0 Å². The van der Waals surface area contributed by atoms with E-state index in [1.54, 1.807) is 0 Å². The minimum absolute atomic E-state index is 0.305. The third-order valence-corrected chi connectivity index (χ3v) is 4.74. The molecular formula is C20H23NO5. The predicted octanol–water partition coefficient (Wildman–Crippen LogP) is 1.73. The molecule has 2 heterocycles. The minimum atomic E-state index is -0.898. The highest BCUT2D eigenvalue weighted by Gasteiger charge is 2.48. The van der Waals surface area contributed by atoms with Crippen molar-refractivity contribution in [1.29, 1.82) is 0 Å². The fourth-order valence-corrected chi connectivity index (χ4v) is 3.29. The van der Waals surface area contributed by atoms with E-state index in [-0.39, 0.29) is 0 Å². The number of ether oxygens (including phenoxy) is 4. The molecule has 6 atom stereocenters. The average Bonchev–Trinajstić information content (AvgIpc) is 2.71. The Morgan fingerprint density at radius 1 is 1.00 bits per heavy atom. The molecule has 0 unspecified atom stereocenters. The first-order valence-electron chi connectivity index (χ1n) is 8.79. The standard InChI is InChI=1S/C20H23NO5/c21-16-17(22)18-15(12-24-19(26-18)14-9-5-2-6-10-14)25-20(16)23-11-13-7-3-1-4-8-13/h1-10,15-20,22H,11-12,21H2/t15-,16-,17-,18-,19-,20+/m0/s1. The maximum absolute atomic E-state index is 10.6. The molecule has 0 aromatic heterocycles. The van der Waals surface area contributed by atoms with Gasteiger partial charge in [0.1, 0.15) is 18.3 Å². The first kappa shape index (κ1) is 17.6. The van der Waals surface area contributed by atoms with E-state index in [9.17, 15) is 5.11 Å². The fraction of sp³-hybridized carbons (Fsp3) is 0.400. The first-order chi connectivity index (χ1) is 12.7. The van der Waals surface area contributed by atoms with Gasteiger partial charge in [-0.2, -0.15) is 0 Å². The van der Waals surface area contributed by atoms with Gasteiger partial charge in [0.2, 0.25) is 0 Å². The number of hydrogen-bond donors (Lipinski definition) is 2. The van der Waals surface area contributed by atoms with Crippen LogP contribution < -0.4 is 5.73 Å². The molecule has 0 saturated carbocycles. The summed E-state index contributed by atoms with van der Waals surface area (Å²) >= 11 is 0. The van der Waals surface area contributed by atoms with E-state index in [1.165, 1.54) is 0 Å². The molecule has 2 aliphatic heterocycles. The molecule has 0 radical (unpaired) electrons. The zero-order chi connectivity index (χ0) is 17.9. The van der Waals surface area contributed by atoms with Crippen molar-refractivity contribution >= 4 is 0 Å². The van der Waals surface area contributed by atoms with E-state index < -0.39 is 36.9 Å². The van der Waals surface area contributed by atoms with E-state index in [2.05, 4.69) is 0 Å². The second-order valence-corrected chi connectivity index (χ2v) is 6.58. The summed E-state index contributed by atoms with van der Waals surface area (Å²) in [6.07, 6.45) is -3.13. The highest BCUT2D eigenvalue weighted by molar-refractivity contribution is 5.17. The van der Waals surface area contributed by atoms with Crippen LogP contribution >= 0.6 is 0 Å². The fourth-order valence-electron chi connectivity index (χ4n) is 3.29. The number of aliphatic hydroxyl groups excluding tert-OH is 1. The summed E-state index contributed by atoms with van der Waals surface area (Å²) in [5, 5.41) is 10.6. The molecule has 6 nitrogen and oxygen atoms in total. The van der Waals surface area contributed by atoms with Crippen LogP contribution in [0.4, 0.5) is 0 Å². The largest absolute Gasteiger partial charge is 0.388 e. The molecule has 3 N–H and O–H groups in total. The second kappa shape index (κ2) is 7.84. The van der Waals surface area contributed by atoms with Crippen molar-refractivity contribution in [2.24, 2.45) is 5.73 Å². The number of nitrogens with two attached hydrogens (primary N) is 1. The van der Waals surface area contributed by atoms with Gasteiger partial charge in [-0.1, -0.05) is 60.7 Å². The number of hydrogen-bond acceptors (Lipinski definition) is 6. The predicted molar refractivity (Wildman–Crippen MR) is 93.9 cm³/mol. The lowest BCUT2D eigenvalue weighted by atomic mass is 9.96. The number of aliphatic hydroxyl groups is 1. The Balaban J connectivity index is 1.40. The summed E-state index contributed by atoms with van der Waals surface area (Å²) in [4.78, 5) is 0. The van der Waals surface area contributed by atoms with Crippen LogP contribution in [-0.2, 0) is 25.6 Å². The van der Waals surface area contributed by atoms with Gasteiger partial charge in [-0.05, 0) is 5.56 Å².